The third kappa shape index (κ3) is 4.64. The predicted octanol–water partition coefficient (Wildman–Crippen LogP) is 5.32. The molecule has 29 heavy (non-hydrogen) atoms. The van der Waals surface area contributed by atoms with Gasteiger partial charge in [-0.25, -0.2) is 4.79 Å². The minimum Gasteiger partial charge on any atom is -0.478 e. The molecule has 0 aromatic heterocycles. The maximum absolute atomic E-state index is 11.0. The monoisotopic (exact) mass is 392 g/mol. The van der Waals surface area contributed by atoms with Gasteiger partial charge in [0.15, 0.2) is 0 Å². The summed E-state index contributed by atoms with van der Waals surface area (Å²) in [7, 11) is 0. The Bertz CT molecular complexity index is 802. The highest BCUT2D eigenvalue weighted by Crippen LogP contribution is 2.33. The molecule has 1 saturated carbocycles. The van der Waals surface area contributed by atoms with Crippen LogP contribution >= 0.6 is 0 Å². The Morgan fingerprint density at radius 1 is 0.897 bits per heavy atom. The van der Waals surface area contributed by atoms with Gasteiger partial charge in [-0.05, 0) is 61.1 Å². The van der Waals surface area contributed by atoms with Crippen LogP contribution in [-0.2, 0) is 0 Å². The van der Waals surface area contributed by atoms with E-state index in [1.165, 1.54) is 43.2 Å². The Morgan fingerprint density at radius 3 is 2.10 bits per heavy atom. The predicted molar refractivity (Wildman–Crippen MR) is 118 cm³/mol. The van der Waals surface area contributed by atoms with E-state index in [9.17, 15) is 4.79 Å². The number of aromatic carboxylic acids is 1. The lowest BCUT2D eigenvalue weighted by atomic mass is 9.83. The van der Waals surface area contributed by atoms with Crippen molar-refractivity contribution in [1.82, 2.24) is 4.90 Å². The molecule has 4 nitrogen and oxygen atoms in total. The molecule has 2 fully saturated rings. The highest BCUT2D eigenvalue weighted by atomic mass is 16.4. The molecule has 0 bridgehead atoms. The number of carboxylic acids is 1. The zero-order valence-electron chi connectivity index (χ0n) is 17.4. The Balaban J connectivity index is 1.33. The standard InChI is InChI=1S/C25H32N2O2/c1-19(20-7-9-22(10-8-20)21-5-3-2-4-6-21)26-15-17-27(18-16-26)24-13-11-23(12-14-24)25(28)29/h7-14,19,21H,2-6,15-18H2,1H3,(H,28,29). The van der Waals surface area contributed by atoms with Crippen molar-refractivity contribution in [2.45, 2.75) is 51.0 Å². The van der Waals surface area contributed by atoms with Crippen LogP contribution in [0.1, 0.15) is 72.5 Å². The molecule has 2 aromatic rings. The van der Waals surface area contributed by atoms with Crippen LogP contribution in [0.25, 0.3) is 0 Å². The molecule has 1 atom stereocenters. The van der Waals surface area contributed by atoms with Gasteiger partial charge in [0, 0.05) is 37.9 Å². The average molecular weight is 393 g/mol. The molecule has 1 heterocycles. The number of benzene rings is 2. The van der Waals surface area contributed by atoms with E-state index in [4.69, 9.17) is 5.11 Å². The van der Waals surface area contributed by atoms with Crippen LogP contribution in [0.5, 0.6) is 0 Å². The van der Waals surface area contributed by atoms with E-state index in [1.54, 1.807) is 12.1 Å². The van der Waals surface area contributed by atoms with E-state index in [0.717, 1.165) is 37.8 Å². The van der Waals surface area contributed by atoms with Crippen LogP contribution in [0.2, 0.25) is 0 Å². The number of rotatable bonds is 5. The van der Waals surface area contributed by atoms with Gasteiger partial charge < -0.3 is 10.0 Å². The summed E-state index contributed by atoms with van der Waals surface area (Å²) in [5, 5.41) is 9.06. The zero-order valence-corrected chi connectivity index (χ0v) is 17.4. The smallest absolute Gasteiger partial charge is 0.335 e. The van der Waals surface area contributed by atoms with Crippen molar-refractivity contribution >= 4 is 11.7 Å². The van der Waals surface area contributed by atoms with E-state index in [1.807, 2.05) is 12.1 Å². The lowest BCUT2D eigenvalue weighted by Crippen LogP contribution is -2.47. The lowest BCUT2D eigenvalue weighted by molar-refractivity contribution is 0.0697. The second-order valence-electron chi connectivity index (χ2n) is 8.55. The summed E-state index contributed by atoms with van der Waals surface area (Å²) >= 11 is 0. The summed E-state index contributed by atoms with van der Waals surface area (Å²) in [5.74, 6) is -0.103. The minimum absolute atomic E-state index is 0.345. The molecule has 1 aliphatic heterocycles. The Hall–Kier alpha value is -2.33. The largest absolute Gasteiger partial charge is 0.478 e. The van der Waals surface area contributed by atoms with Crippen molar-refractivity contribution in [3.63, 3.8) is 0 Å². The minimum atomic E-state index is -0.871. The number of carboxylic acid groups (broad SMARTS) is 1. The molecule has 0 spiro atoms. The van der Waals surface area contributed by atoms with Gasteiger partial charge in [0.2, 0.25) is 0 Å². The van der Waals surface area contributed by atoms with Crippen molar-refractivity contribution in [2.24, 2.45) is 0 Å². The summed E-state index contributed by atoms with van der Waals surface area (Å²) < 4.78 is 0. The van der Waals surface area contributed by atoms with Crippen molar-refractivity contribution in [3.8, 4) is 0 Å². The first kappa shape index (κ1) is 20.0. The summed E-state index contributed by atoms with van der Waals surface area (Å²) in [6.45, 7) is 6.29. The van der Waals surface area contributed by atoms with Crippen LogP contribution in [0, 0.1) is 0 Å². The van der Waals surface area contributed by atoms with Crippen molar-refractivity contribution in [1.29, 1.82) is 0 Å². The summed E-state index contributed by atoms with van der Waals surface area (Å²) in [6.07, 6.45) is 6.87. The summed E-state index contributed by atoms with van der Waals surface area (Å²) in [5.41, 5.74) is 4.39. The van der Waals surface area contributed by atoms with Crippen molar-refractivity contribution < 1.29 is 9.90 Å². The van der Waals surface area contributed by atoms with Crippen LogP contribution in [0.4, 0.5) is 5.69 Å². The van der Waals surface area contributed by atoms with Gasteiger partial charge in [-0.15, -0.1) is 0 Å². The number of carbonyl (C=O) groups is 1. The average Bonchev–Trinajstić information content (AvgIpc) is 2.79. The van der Waals surface area contributed by atoms with Gasteiger partial charge in [-0.1, -0.05) is 43.5 Å². The van der Waals surface area contributed by atoms with Gasteiger partial charge >= 0.3 is 5.97 Å². The first-order chi connectivity index (χ1) is 14.1. The van der Waals surface area contributed by atoms with Gasteiger partial charge in [-0.3, -0.25) is 4.90 Å². The van der Waals surface area contributed by atoms with E-state index in [2.05, 4.69) is 41.0 Å². The first-order valence-corrected chi connectivity index (χ1v) is 11.0. The van der Waals surface area contributed by atoms with E-state index in [0.29, 0.717) is 11.6 Å². The number of hydrogen-bond donors (Lipinski definition) is 1. The van der Waals surface area contributed by atoms with Crippen LogP contribution < -0.4 is 4.90 Å². The maximum Gasteiger partial charge on any atom is 0.335 e. The Labute approximate surface area is 174 Å². The second-order valence-corrected chi connectivity index (χ2v) is 8.55. The normalized spacial score (nSPS) is 19.8. The fourth-order valence-corrected chi connectivity index (χ4v) is 4.88. The maximum atomic E-state index is 11.0. The number of hydrogen-bond acceptors (Lipinski definition) is 3. The highest BCUT2D eigenvalue weighted by Gasteiger charge is 2.23. The summed E-state index contributed by atoms with van der Waals surface area (Å²) in [6, 6.07) is 17.1. The Kier molecular flexibility index (Phi) is 6.19. The molecule has 1 aliphatic carbocycles. The van der Waals surface area contributed by atoms with E-state index < -0.39 is 5.97 Å². The highest BCUT2D eigenvalue weighted by molar-refractivity contribution is 5.88. The van der Waals surface area contributed by atoms with Gasteiger partial charge in [0.1, 0.15) is 0 Å². The molecule has 1 unspecified atom stereocenters. The molecule has 2 aromatic carbocycles. The molecular weight excluding hydrogens is 360 g/mol. The molecule has 1 saturated heterocycles. The molecule has 154 valence electrons. The molecule has 4 rings (SSSR count). The van der Waals surface area contributed by atoms with Crippen molar-refractivity contribution in [3.05, 3.63) is 65.2 Å². The number of nitrogens with zero attached hydrogens (tertiary/aromatic N) is 2. The van der Waals surface area contributed by atoms with Gasteiger partial charge in [0.25, 0.3) is 0 Å². The van der Waals surface area contributed by atoms with Crippen LogP contribution in [0.15, 0.2) is 48.5 Å². The fourth-order valence-electron chi connectivity index (χ4n) is 4.88. The second kappa shape index (κ2) is 9.00. The Morgan fingerprint density at radius 2 is 1.52 bits per heavy atom. The molecule has 2 aliphatic rings. The summed E-state index contributed by atoms with van der Waals surface area (Å²) in [4.78, 5) is 15.9. The SMILES string of the molecule is CC(c1ccc(C2CCCCC2)cc1)N1CCN(c2ccc(C(=O)O)cc2)CC1. The van der Waals surface area contributed by atoms with Crippen molar-refractivity contribution in [2.75, 3.05) is 31.1 Å². The van der Waals surface area contributed by atoms with Gasteiger partial charge in [-0.2, -0.15) is 0 Å². The van der Waals surface area contributed by atoms with E-state index >= 15 is 0 Å². The van der Waals surface area contributed by atoms with Crippen LogP contribution in [0.3, 0.4) is 0 Å². The molecular formula is C25H32N2O2. The third-order valence-corrected chi connectivity index (χ3v) is 6.84. The fraction of sp³-hybridized carbons (Fsp3) is 0.480. The number of anilines is 1. The first-order valence-electron chi connectivity index (χ1n) is 11.0. The number of piperazine rings is 1. The topological polar surface area (TPSA) is 43.8 Å². The van der Waals surface area contributed by atoms with Gasteiger partial charge in [0.05, 0.1) is 5.56 Å². The molecule has 1 N–H and O–H groups in total. The van der Waals surface area contributed by atoms with E-state index in [-0.39, 0.29) is 0 Å². The lowest BCUT2D eigenvalue weighted by Gasteiger charge is -2.39. The van der Waals surface area contributed by atoms with Crippen LogP contribution in [-0.4, -0.2) is 42.2 Å². The molecule has 4 heteroatoms. The zero-order chi connectivity index (χ0) is 20.2. The quantitative estimate of drug-likeness (QED) is 0.748. The molecule has 0 amide bonds. The molecule has 0 radical (unpaired) electrons. The third-order valence-electron chi connectivity index (χ3n) is 6.84.